The lowest BCUT2D eigenvalue weighted by Gasteiger charge is -2.21. The molecule has 0 heterocycles. The van der Waals surface area contributed by atoms with Crippen LogP contribution in [0.25, 0.3) is 17.2 Å². The van der Waals surface area contributed by atoms with E-state index in [9.17, 15) is 4.79 Å². The number of hydrogen-bond donors (Lipinski definition) is 2. The zero-order valence-electron chi connectivity index (χ0n) is 16.7. The molecule has 27 heavy (non-hydrogen) atoms. The van der Waals surface area contributed by atoms with Gasteiger partial charge in [-0.3, -0.25) is 0 Å². The molecule has 0 aliphatic carbocycles. The first kappa shape index (κ1) is 20.4. The van der Waals surface area contributed by atoms with Gasteiger partial charge < -0.3 is 19.9 Å². The van der Waals surface area contributed by atoms with Gasteiger partial charge in [-0.25, -0.2) is 4.79 Å². The van der Waals surface area contributed by atoms with Crippen molar-refractivity contribution in [2.24, 2.45) is 0 Å². The van der Waals surface area contributed by atoms with Gasteiger partial charge in [-0.1, -0.05) is 12.1 Å². The summed E-state index contributed by atoms with van der Waals surface area (Å²) >= 11 is 0. The summed E-state index contributed by atoms with van der Waals surface area (Å²) in [6.07, 6.45) is 2.65. The van der Waals surface area contributed by atoms with E-state index in [1.54, 1.807) is 20.3 Å². The number of aliphatic carboxylic acids is 1. The first-order valence-electron chi connectivity index (χ1n) is 8.83. The highest BCUT2D eigenvalue weighted by atomic mass is 16.5. The van der Waals surface area contributed by atoms with Crippen LogP contribution < -0.4 is 14.8 Å². The Labute approximate surface area is 160 Å². The van der Waals surface area contributed by atoms with Gasteiger partial charge in [-0.2, -0.15) is 0 Å². The Morgan fingerprint density at radius 1 is 1.04 bits per heavy atom. The van der Waals surface area contributed by atoms with Gasteiger partial charge in [0.15, 0.2) is 0 Å². The van der Waals surface area contributed by atoms with Crippen LogP contribution in [0.3, 0.4) is 0 Å². The van der Waals surface area contributed by atoms with Gasteiger partial charge in [-0.15, -0.1) is 0 Å². The van der Waals surface area contributed by atoms with Crippen molar-refractivity contribution < 1.29 is 19.4 Å². The molecule has 0 saturated carbocycles. The lowest BCUT2D eigenvalue weighted by Crippen LogP contribution is -2.09. The highest BCUT2D eigenvalue weighted by Crippen LogP contribution is 2.44. The Morgan fingerprint density at radius 3 is 2.11 bits per heavy atom. The molecule has 0 saturated heterocycles. The van der Waals surface area contributed by atoms with Crippen LogP contribution in [0.4, 0.5) is 5.69 Å². The van der Waals surface area contributed by atoms with Crippen LogP contribution in [-0.4, -0.2) is 31.3 Å². The summed E-state index contributed by atoms with van der Waals surface area (Å²) in [4.78, 5) is 11.0. The van der Waals surface area contributed by atoms with Crippen LogP contribution in [0, 0.1) is 13.8 Å². The van der Waals surface area contributed by atoms with Crippen molar-refractivity contribution in [1.29, 1.82) is 0 Å². The normalized spacial score (nSPS) is 11.1. The number of carboxylic acid groups (broad SMARTS) is 1. The summed E-state index contributed by atoms with van der Waals surface area (Å²) in [5.41, 5.74) is 5.43. The number of carboxylic acids is 1. The minimum Gasteiger partial charge on any atom is -0.496 e. The quantitative estimate of drug-likeness (QED) is 0.679. The third kappa shape index (κ3) is 4.42. The van der Waals surface area contributed by atoms with E-state index in [2.05, 4.69) is 19.2 Å². The van der Waals surface area contributed by atoms with Crippen LogP contribution in [-0.2, 0) is 4.79 Å². The van der Waals surface area contributed by atoms with Gasteiger partial charge in [0.1, 0.15) is 11.5 Å². The number of methoxy groups -OCH3 is 2. The van der Waals surface area contributed by atoms with E-state index in [0.717, 1.165) is 34.0 Å². The molecule has 0 aliphatic rings. The molecule has 5 nitrogen and oxygen atoms in total. The van der Waals surface area contributed by atoms with E-state index >= 15 is 0 Å². The average molecular weight is 369 g/mol. The molecule has 2 N–H and O–H groups in total. The molecule has 0 spiro atoms. The highest BCUT2D eigenvalue weighted by molar-refractivity contribution is 5.89. The molecule has 2 rings (SSSR count). The Kier molecular flexibility index (Phi) is 6.50. The molecule has 0 aliphatic heterocycles. The van der Waals surface area contributed by atoms with Crippen molar-refractivity contribution >= 4 is 17.7 Å². The fourth-order valence-corrected chi connectivity index (χ4v) is 3.25. The molecule has 0 radical (unpaired) electrons. The van der Waals surface area contributed by atoms with Crippen LogP contribution in [0.2, 0.25) is 0 Å². The summed E-state index contributed by atoms with van der Waals surface area (Å²) in [6.45, 7) is 8.05. The molecular formula is C22H27NO4. The maximum Gasteiger partial charge on any atom is 0.328 e. The molecule has 0 bridgehead atoms. The van der Waals surface area contributed by atoms with E-state index in [4.69, 9.17) is 14.6 Å². The topological polar surface area (TPSA) is 67.8 Å². The van der Waals surface area contributed by atoms with Gasteiger partial charge >= 0.3 is 5.97 Å². The number of nitrogens with one attached hydrogen (secondary N) is 1. The smallest absolute Gasteiger partial charge is 0.328 e. The lowest BCUT2D eigenvalue weighted by molar-refractivity contribution is -0.131. The summed E-state index contributed by atoms with van der Waals surface area (Å²) < 4.78 is 11.3. The Morgan fingerprint density at radius 2 is 1.63 bits per heavy atom. The zero-order valence-corrected chi connectivity index (χ0v) is 16.7. The maximum atomic E-state index is 11.0. The number of carbonyl (C=O) groups is 1. The van der Waals surface area contributed by atoms with Gasteiger partial charge in [0.05, 0.1) is 14.2 Å². The SMILES string of the molecule is COc1c(C)c(-c2ccc(NC(C)C)cc2)c(OC)c(C)c1/C=C/C(=O)O. The van der Waals surface area contributed by atoms with Crippen molar-refractivity contribution in [2.45, 2.75) is 33.7 Å². The molecule has 5 heteroatoms. The maximum absolute atomic E-state index is 11.0. The summed E-state index contributed by atoms with van der Waals surface area (Å²) in [7, 11) is 3.21. The molecule has 0 fully saturated rings. The zero-order chi connectivity index (χ0) is 20.1. The number of benzene rings is 2. The largest absolute Gasteiger partial charge is 0.496 e. The summed E-state index contributed by atoms with van der Waals surface area (Å²) in [6, 6.07) is 8.51. The minimum absolute atomic E-state index is 0.356. The molecule has 2 aromatic rings. The van der Waals surface area contributed by atoms with E-state index < -0.39 is 5.97 Å². The monoisotopic (exact) mass is 369 g/mol. The molecule has 2 aromatic carbocycles. The molecule has 0 amide bonds. The first-order chi connectivity index (χ1) is 12.8. The van der Waals surface area contributed by atoms with Crippen molar-refractivity contribution in [3.05, 3.63) is 47.0 Å². The fraction of sp³-hybridized carbons (Fsp3) is 0.318. The molecule has 0 aromatic heterocycles. The average Bonchev–Trinajstić information content (AvgIpc) is 2.61. The van der Waals surface area contributed by atoms with Crippen molar-refractivity contribution in [3.8, 4) is 22.6 Å². The summed E-state index contributed by atoms with van der Waals surface area (Å²) in [5, 5.41) is 12.4. The lowest BCUT2D eigenvalue weighted by atomic mass is 9.91. The molecular weight excluding hydrogens is 342 g/mol. The Hall–Kier alpha value is -2.95. The predicted octanol–water partition coefficient (Wildman–Crippen LogP) is 4.91. The highest BCUT2D eigenvalue weighted by Gasteiger charge is 2.21. The summed E-state index contributed by atoms with van der Waals surface area (Å²) in [5.74, 6) is 0.346. The molecule has 0 unspecified atom stereocenters. The Balaban J connectivity index is 2.66. The van der Waals surface area contributed by atoms with E-state index in [-0.39, 0.29) is 0 Å². The van der Waals surface area contributed by atoms with E-state index in [1.807, 2.05) is 38.1 Å². The second-order valence-corrected chi connectivity index (χ2v) is 6.65. The van der Waals surface area contributed by atoms with Gasteiger partial charge in [0.2, 0.25) is 0 Å². The van der Waals surface area contributed by atoms with Crippen LogP contribution in [0.1, 0.15) is 30.5 Å². The van der Waals surface area contributed by atoms with Gasteiger partial charge in [0.25, 0.3) is 0 Å². The van der Waals surface area contributed by atoms with Crippen molar-refractivity contribution in [3.63, 3.8) is 0 Å². The van der Waals surface area contributed by atoms with Crippen LogP contribution >= 0.6 is 0 Å². The third-order valence-electron chi connectivity index (χ3n) is 4.36. The standard InChI is InChI=1S/C22H27NO4/c1-13(2)23-17-9-7-16(8-10-17)20-15(4)21(26-5)18(11-12-19(24)25)14(3)22(20)27-6/h7-13,23H,1-6H3,(H,24,25)/b12-11+. The first-order valence-corrected chi connectivity index (χ1v) is 8.83. The number of hydrogen-bond acceptors (Lipinski definition) is 4. The minimum atomic E-state index is -1.01. The molecule has 144 valence electrons. The second kappa shape index (κ2) is 8.62. The van der Waals surface area contributed by atoms with E-state index in [0.29, 0.717) is 23.1 Å². The van der Waals surface area contributed by atoms with Gasteiger partial charge in [-0.05, 0) is 51.5 Å². The van der Waals surface area contributed by atoms with Crippen molar-refractivity contribution in [2.75, 3.05) is 19.5 Å². The van der Waals surface area contributed by atoms with Crippen molar-refractivity contribution in [1.82, 2.24) is 0 Å². The fourth-order valence-electron chi connectivity index (χ4n) is 3.25. The number of ether oxygens (including phenoxy) is 2. The number of anilines is 1. The predicted molar refractivity (Wildman–Crippen MR) is 110 cm³/mol. The van der Waals surface area contributed by atoms with Gasteiger partial charge in [0, 0.05) is 40.1 Å². The Bertz CT molecular complexity index is 852. The van der Waals surface area contributed by atoms with E-state index in [1.165, 1.54) is 0 Å². The molecule has 0 atom stereocenters. The third-order valence-corrected chi connectivity index (χ3v) is 4.36. The van der Waals surface area contributed by atoms with Crippen LogP contribution in [0.15, 0.2) is 30.3 Å². The number of rotatable bonds is 7. The second-order valence-electron chi connectivity index (χ2n) is 6.65. The van der Waals surface area contributed by atoms with Crippen LogP contribution in [0.5, 0.6) is 11.5 Å².